The number of nitrogens with zero attached hydrogens (tertiary/aromatic N) is 2. The SMILES string of the molecule is C#CCCN(C)[C@H]1C[C@@H](C)O[C@@H](O[C@@H]2[C@@H](C)C(=O)[C@@H](C)C(=O)O[C@H](CC)[C@@](C)(O)[C@H](O)[C@@H](C)/C(=N/O)[C@H](C)C[C@@]2(C)OC)[C@@H]1O. The molecule has 2 saturated heterocycles. The summed E-state index contributed by atoms with van der Waals surface area (Å²) in [5, 5.41) is 47.8. The minimum atomic E-state index is -1.93. The van der Waals surface area contributed by atoms with Gasteiger partial charge in [0.05, 0.1) is 29.6 Å². The molecule has 0 aromatic rings. The molecular formula is C33H56N2O10. The Morgan fingerprint density at radius 3 is 2.29 bits per heavy atom. The van der Waals surface area contributed by atoms with E-state index in [4.69, 9.17) is 25.4 Å². The van der Waals surface area contributed by atoms with Crippen LogP contribution in [0.3, 0.4) is 0 Å². The summed E-state index contributed by atoms with van der Waals surface area (Å²) >= 11 is 0. The number of aliphatic hydroxyl groups is 3. The Morgan fingerprint density at radius 1 is 1.13 bits per heavy atom. The highest BCUT2D eigenvalue weighted by molar-refractivity contribution is 6.00. The number of methoxy groups -OCH3 is 1. The maximum Gasteiger partial charge on any atom is 0.316 e. The number of hydrogen-bond donors (Lipinski definition) is 4. The van der Waals surface area contributed by atoms with E-state index in [1.54, 1.807) is 34.6 Å². The average Bonchev–Trinajstić information content (AvgIpc) is 3.00. The van der Waals surface area contributed by atoms with Crippen LogP contribution >= 0.6 is 0 Å². The van der Waals surface area contributed by atoms with Gasteiger partial charge in [0.15, 0.2) is 12.1 Å². The van der Waals surface area contributed by atoms with Crippen LogP contribution in [0.2, 0.25) is 0 Å². The quantitative estimate of drug-likeness (QED) is 0.106. The fourth-order valence-corrected chi connectivity index (χ4v) is 6.96. The number of carbonyl (C=O) groups excluding carboxylic acids is 2. The third kappa shape index (κ3) is 8.63. The van der Waals surface area contributed by atoms with Gasteiger partial charge in [0.1, 0.15) is 23.7 Å². The topological polar surface area (TPSA) is 168 Å². The second kappa shape index (κ2) is 16.1. The number of hydrogen-bond acceptors (Lipinski definition) is 12. The molecule has 2 heterocycles. The van der Waals surface area contributed by atoms with E-state index in [0.717, 1.165) is 0 Å². The summed E-state index contributed by atoms with van der Waals surface area (Å²) in [6.45, 7) is 13.7. The predicted molar refractivity (Wildman–Crippen MR) is 167 cm³/mol. The number of terminal acetylenes is 1. The van der Waals surface area contributed by atoms with Crippen LogP contribution in [0, 0.1) is 36.0 Å². The van der Waals surface area contributed by atoms with Gasteiger partial charge in [-0.15, -0.1) is 12.3 Å². The number of oxime groups is 1. The molecule has 12 nitrogen and oxygen atoms in total. The van der Waals surface area contributed by atoms with Gasteiger partial charge in [0.2, 0.25) is 0 Å². The summed E-state index contributed by atoms with van der Waals surface area (Å²) in [6.07, 6.45) is 0.543. The van der Waals surface area contributed by atoms with Crippen LogP contribution in [0.1, 0.15) is 81.1 Å². The molecule has 0 saturated carbocycles. The standard InChI is InChI=1S/C33H56N2O10/c1-12-14-15-35(10)23-16-19(4)43-31(27(23)37)45-29-21(6)26(36)22(7)30(39)44-24(13-2)33(9,40)28(38)20(5)25(34-41)18(3)17-32(29,8)42-11/h1,18-24,27-29,31,37-38,40-41H,13-17H2,2-11H3/b34-25+/t18-,19-,20+,21+,22-,23+,24-,27-,28-,29-,31+,32-,33-/m1/s1. The van der Waals surface area contributed by atoms with Crippen LogP contribution in [0.5, 0.6) is 0 Å². The van der Waals surface area contributed by atoms with Crippen molar-refractivity contribution in [3.05, 3.63) is 0 Å². The zero-order valence-corrected chi connectivity index (χ0v) is 28.6. The van der Waals surface area contributed by atoms with Crippen molar-refractivity contribution in [2.45, 2.75) is 135 Å². The number of Topliss-reactive ketones (excluding diaryl/α,β-unsaturated/α-hetero) is 1. The van der Waals surface area contributed by atoms with Gasteiger partial charge < -0.3 is 39.5 Å². The van der Waals surface area contributed by atoms with Gasteiger partial charge in [0, 0.05) is 43.9 Å². The molecule has 0 radical (unpaired) electrons. The highest BCUT2D eigenvalue weighted by Gasteiger charge is 2.51. The Bertz CT molecular complexity index is 1080. The van der Waals surface area contributed by atoms with E-state index in [2.05, 4.69) is 11.1 Å². The van der Waals surface area contributed by atoms with Crippen LogP contribution in [-0.2, 0) is 28.5 Å². The van der Waals surface area contributed by atoms with Crippen molar-refractivity contribution in [1.82, 2.24) is 4.90 Å². The van der Waals surface area contributed by atoms with Gasteiger partial charge in [-0.2, -0.15) is 0 Å². The van der Waals surface area contributed by atoms with Crippen molar-refractivity contribution in [3.8, 4) is 12.3 Å². The normalized spacial score (nSPS) is 43.5. The van der Waals surface area contributed by atoms with Crippen molar-refractivity contribution in [1.29, 1.82) is 0 Å². The maximum absolute atomic E-state index is 14.0. The van der Waals surface area contributed by atoms with E-state index < -0.39 is 77.3 Å². The van der Waals surface area contributed by atoms with Crippen molar-refractivity contribution >= 4 is 17.5 Å². The molecule has 0 spiro atoms. The van der Waals surface area contributed by atoms with Crippen LogP contribution in [0.25, 0.3) is 0 Å². The summed E-state index contributed by atoms with van der Waals surface area (Å²) < 4.78 is 24.3. The number of carbonyl (C=O) groups is 2. The Balaban J connectivity index is 2.64. The van der Waals surface area contributed by atoms with E-state index in [1.165, 1.54) is 21.0 Å². The fraction of sp³-hybridized carbons (Fsp3) is 0.848. The minimum absolute atomic E-state index is 0.143. The number of likely N-dealkylation sites (N-methyl/N-ethyl adjacent to an activating group) is 1. The number of esters is 1. The molecule has 12 heteroatoms. The molecule has 2 aliphatic heterocycles. The van der Waals surface area contributed by atoms with Crippen molar-refractivity contribution < 1.29 is 49.1 Å². The lowest BCUT2D eigenvalue weighted by molar-refractivity contribution is -0.295. The van der Waals surface area contributed by atoms with Crippen LogP contribution in [-0.4, -0.2) is 118 Å². The van der Waals surface area contributed by atoms with Gasteiger partial charge in [-0.05, 0) is 54.0 Å². The molecule has 0 aliphatic carbocycles. The number of ether oxygens (including phenoxy) is 4. The monoisotopic (exact) mass is 640 g/mol. The van der Waals surface area contributed by atoms with E-state index in [1.807, 2.05) is 18.9 Å². The summed E-state index contributed by atoms with van der Waals surface area (Å²) in [5.74, 6) is -2.37. The van der Waals surface area contributed by atoms with Crippen molar-refractivity contribution in [2.75, 3.05) is 20.7 Å². The first-order chi connectivity index (χ1) is 20.9. The molecule has 13 atom stereocenters. The minimum Gasteiger partial charge on any atom is -0.459 e. The highest BCUT2D eigenvalue weighted by atomic mass is 16.7. The first-order valence-electron chi connectivity index (χ1n) is 16.0. The van der Waals surface area contributed by atoms with Gasteiger partial charge in [-0.25, -0.2) is 0 Å². The highest BCUT2D eigenvalue weighted by Crippen LogP contribution is 2.38. The number of ketones is 1. The molecule has 0 unspecified atom stereocenters. The summed E-state index contributed by atoms with van der Waals surface area (Å²) in [5.41, 5.74) is -3.01. The molecular weight excluding hydrogens is 584 g/mol. The third-order valence-corrected chi connectivity index (χ3v) is 9.97. The largest absolute Gasteiger partial charge is 0.459 e. The second-order valence-electron chi connectivity index (χ2n) is 13.5. The van der Waals surface area contributed by atoms with Crippen LogP contribution in [0.4, 0.5) is 0 Å². The maximum atomic E-state index is 14.0. The lowest BCUT2D eigenvalue weighted by atomic mass is 9.74. The molecule has 258 valence electrons. The lowest BCUT2D eigenvalue weighted by Gasteiger charge is -2.47. The Morgan fingerprint density at radius 2 is 1.76 bits per heavy atom. The van der Waals surface area contributed by atoms with Crippen LogP contribution < -0.4 is 0 Å². The van der Waals surface area contributed by atoms with Gasteiger partial charge in [0.25, 0.3) is 0 Å². The van der Waals surface area contributed by atoms with E-state index >= 15 is 0 Å². The second-order valence-corrected chi connectivity index (χ2v) is 13.5. The summed E-state index contributed by atoms with van der Waals surface area (Å²) in [4.78, 5) is 29.2. The molecule has 4 N–H and O–H groups in total. The van der Waals surface area contributed by atoms with E-state index in [9.17, 15) is 30.1 Å². The van der Waals surface area contributed by atoms with E-state index in [0.29, 0.717) is 19.4 Å². The fourth-order valence-electron chi connectivity index (χ4n) is 6.96. The Labute approximate surface area is 268 Å². The van der Waals surface area contributed by atoms with Crippen molar-refractivity contribution in [3.63, 3.8) is 0 Å². The lowest BCUT2D eigenvalue weighted by Crippen LogP contribution is -2.60. The summed E-state index contributed by atoms with van der Waals surface area (Å²) in [7, 11) is 3.33. The number of aliphatic hydroxyl groups excluding tert-OH is 2. The van der Waals surface area contributed by atoms with Crippen LogP contribution in [0.15, 0.2) is 5.16 Å². The molecule has 2 aliphatic rings. The van der Waals surface area contributed by atoms with E-state index in [-0.39, 0.29) is 30.7 Å². The van der Waals surface area contributed by atoms with Gasteiger partial charge in [-0.3, -0.25) is 14.5 Å². The predicted octanol–water partition coefficient (Wildman–Crippen LogP) is 2.38. The zero-order valence-electron chi connectivity index (χ0n) is 28.6. The molecule has 0 bridgehead atoms. The first kappa shape index (κ1) is 39.1. The molecule has 0 amide bonds. The molecule has 2 rings (SSSR count). The molecule has 45 heavy (non-hydrogen) atoms. The Kier molecular flexibility index (Phi) is 14.0. The molecule has 0 aromatic carbocycles. The van der Waals surface area contributed by atoms with Crippen molar-refractivity contribution in [2.24, 2.45) is 28.8 Å². The molecule has 0 aromatic heterocycles. The van der Waals surface area contributed by atoms with Gasteiger partial charge in [-0.1, -0.05) is 32.9 Å². The third-order valence-electron chi connectivity index (χ3n) is 9.97. The molecule has 2 fully saturated rings. The van der Waals surface area contributed by atoms with Gasteiger partial charge >= 0.3 is 5.97 Å². The zero-order chi connectivity index (χ0) is 34.4. The average molecular weight is 641 g/mol. The number of cyclic esters (lactones) is 1. The number of rotatable bonds is 7. The first-order valence-corrected chi connectivity index (χ1v) is 16.0. The summed E-state index contributed by atoms with van der Waals surface area (Å²) in [6, 6.07) is -0.340. The smallest absolute Gasteiger partial charge is 0.316 e. The Hall–Kier alpha value is -2.11.